The summed E-state index contributed by atoms with van der Waals surface area (Å²) in [6, 6.07) is 0. The molecule has 0 aromatic carbocycles. The van der Waals surface area contributed by atoms with Crippen molar-refractivity contribution in [2.24, 2.45) is 11.8 Å². The first-order valence-electron chi connectivity index (χ1n) is 8.78. The van der Waals surface area contributed by atoms with Crippen LogP contribution in [0.5, 0.6) is 0 Å². The molecule has 0 aromatic rings. The minimum Gasteiger partial charge on any atom is -0.281 e. The van der Waals surface area contributed by atoms with Gasteiger partial charge in [-0.15, -0.1) is 0 Å². The number of unbranched alkanes of at least 4 members (excludes halogenated alkanes) is 1. The summed E-state index contributed by atoms with van der Waals surface area (Å²) in [7, 11) is -10.7. The summed E-state index contributed by atoms with van der Waals surface area (Å²) in [5.41, 5.74) is -2.10. The Morgan fingerprint density at radius 2 is 1.81 bits per heavy atom. The van der Waals surface area contributed by atoms with E-state index >= 15 is 0 Å². The van der Waals surface area contributed by atoms with Crippen LogP contribution in [0.1, 0.15) is 58.8 Å². The normalized spacial score (nSPS) is 30.6. The maximum atomic E-state index is 14.5. The Bertz CT molecular complexity index is 767. The summed E-state index contributed by atoms with van der Waals surface area (Å²) in [6.45, 7) is 3.19. The Labute approximate surface area is 156 Å². The molecule has 2 aliphatic carbocycles. The molecule has 0 heterocycles. The highest BCUT2D eigenvalue weighted by molar-refractivity contribution is 7.87. The molecule has 6 nitrogen and oxygen atoms in total. The molecule has 0 saturated heterocycles. The number of fused-ring (bicyclic) bond motifs is 2. The molecule has 2 fully saturated rings. The second-order valence-electron chi connectivity index (χ2n) is 7.61. The van der Waals surface area contributed by atoms with Gasteiger partial charge in [0, 0.05) is 0 Å². The highest BCUT2D eigenvalue weighted by atomic mass is 32.2. The summed E-state index contributed by atoms with van der Waals surface area (Å²) in [5, 5.41) is -6.76. The van der Waals surface area contributed by atoms with Crippen LogP contribution in [-0.2, 0) is 24.4 Å². The lowest BCUT2D eigenvalue weighted by atomic mass is 9.80. The molecule has 27 heavy (non-hydrogen) atoms. The topological polar surface area (TPSA) is 97.7 Å². The van der Waals surface area contributed by atoms with Gasteiger partial charge >= 0.3 is 21.3 Å². The molecule has 1 N–H and O–H groups in total. The van der Waals surface area contributed by atoms with E-state index in [1.54, 1.807) is 0 Å². The SMILES string of the molecule is CCCCC(C)S(=O)(=O)OC12CCC(CC1C(F)(F)C(F)(F)S(=O)(=O)O)C2. The third-order valence-electron chi connectivity index (χ3n) is 5.70. The summed E-state index contributed by atoms with van der Waals surface area (Å²) in [6.07, 6.45) is 0.933. The lowest BCUT2D eigenvalue weighted by molar-refractivity contribution is -0.223. The highest BCUT2D eigenvalue weighted by Crippen LogP contribution is 2.62. The molecule has 4 atom stereocenters. The molecule has 0 aliphatic heterocycles. The van der Waals surface area contributed by atoms with Crippen LogP contribution in [-0.4, -0.2) is 43.4 Å². The lowest BCUT2D eigenvalue weighted by Gasteiger charge is -2.40. The first kappa shape index (κ1) is 22.8. The summed E-state index contributed by atoms with van der Waals surface area (Å²) < 4.78 is 117. The van der Waals surface area contributed by atoms with Crippen molar-refractivity contribution in [2.75, 3.05) is 0 Å². The van der Waals surface area contributed by atoms with Gasteiger partial charge in [-0.25, -0.2) is 0 Å². The quantitative estimate of drug-likeness (QED) is 0.334. The molecular formula is C15H24F4O6S2. The van der Waals surface area contributed by atoms with E-state index in [9.17, 15) is 34.4 Å². The molecule has 0 aromatic heterocycles. The summed E-state index contributed by atoms with van der Waals surface area (Å²) >= 11 is 0. The average molecular weight is 440 g/mol. The molecule has 4 unspecified atom stereocenters. The van der Waals surface area contributed by atoms with Gasteiger partial charge in [-0.3, -0.25) is 8.74 Å². The smallest absolute Gasteiger partial charge is 0.281 e. The van der Waals surface area contributed by atoms with E-state index in [0.29, 0.717) is 19.3 Å². The summed E-state index contributed by atoms with van der Waals surface area (Å²) in [4.78, 5) is 0. The van der Waals surface area contributed by atoms with Crippen molar-refractivity contribution in [1.29, 1.82) is 0 Å². The number of alkyl halides is 4. The van der Waals surface area contributed by atoms with E-state index in [4.69, 9.17) is 8.74 Å². The van der Waals surface area contributed by atoms with Crippen LogP contribution in [0.4, 0.5) is 17.6 Å². The van der Waals surface area contributed by atoms with Crippen molar-refractivity contribution in [2.45, 2.75) is 80.8 Å². The van der Waals surface area contributed by atoms with E-state index in [0.717, 1.165) is 0 Å². The van der Waals surface area contributed by atoms with Gasteiger partial charge in [-0.2, -0.15) is 34.4 Å². The largest absolute Gasteiger partial charge is 0.431 e. The first-order valence-corrected chi connectivity index (χ1v) is 11.7. The van der Waals surface area contributed by atoms with Crippen molar-refractivity contribution in [3.63, 3.8) is 0 Å². The van der Waals surface area contributed by atoms with Crippen molar-refractivity contribution in [3.05, 3.63) is 0 Å². The van der Waals surface area contributed by atoms with E-state index in [1.165, 1.54) is 6.92 Å². The van der Waals surface area contributed by atoms with Crippen LogP contribution < -0.4 is 0 Å². The van der Waals surface area contributed by atoms with E-state index in [-0.39, 0.29) is 19.3 Å². The second-order valence-corrected chi connectivity index (χ2v) is 11.0. The minimum atomic E-state index is -6.40. The molecule has 0 amide bonds. The number of rotatable bonds is 9. The maximum absolute atomic E-state index is 14.5. The van der Waals surface area contributed by atoms with Gasteiger partial charge in [0.1, 0.15) is 0 Å². The van der Waals surface area contributed by atoms with Gasteiger partial charge in [0.25, 0.3) is 10.1 Å². The predicted molar refractivity (Wildman–Crippen MR) is 88.6 cm³/mol. The minimum absolute atomic E-state index is 0.172. The zero-order chi connectivity index (χ0) is 20.9. The van der Waals surface area contributed by atoms with Gasteiger partial charge in [0.05, 0.1) is 16.8 Å². The molecule has 2 saturated carbocycles. The average Bonchev–Trinajstić information content (AvgIpc) is 3.08. The van der Waals surface area contributed by atoms with Crippen LogP contribution in [0.2, 0.25) is 0 Å². The van der Waals surface area contributed by atoms with Gasteiger partial charge in [0.15, 0.2) is 0 Å². The molecule has 2 rings (SSSR count). The number of hydrogen-bond donors (Lipinski definition) is 1. The molecule has 12 heteroatoms. The summed E-state index contributed by atoms with van der Waals surface area (Å²) in [5.74, 6) is -7.99. The molecule has 160 valence electrons. The van der Waals surface area contributed by atoms with E-state index in [1.807, 2.05) is 6.92 Å². The Hall–Kier alpha value is -0.460. The fourth-order valence-electron chi connectivity index (χ4n) is 4.14. The molecule has 0 spiro atoms. The van der Waals surface area contributed by atoms with E-state index < -0.39 is 60.5 Å². The number of halogens is 4. The fraction of sp³-hybridized carbons (Fsp3) is 1.00. The Morgan fingerprint density at radius 1 is 1.22 bits per heavy atom. The van der Waals surface area contributed by atoms with Gasteiger partial charge in [-0.05, 0) is 44.9 Å². The van der Waals surface area contributed by atoms with Gasteiger partial charge in [0.2, 0.25) is 0 Å². The Balaban J connectivity index is 2.37. The zero-order valence-corrected chi connectivity index (χ0v) is 16.6. The maximum Gasteiger partial charge on any atom is 0.431 e. The van der Waals surface area contributed by atoms with Crippen LogP contribution in [0, 0.1) is 11.8 Å². The third-order valence-corrected chi connectivity index (χ3v) is 8.41. The first-order chi connectivity index (χ1) is 12.1. The van der Waals surface area contributed by atoms with Crippen molar-refractivity contribution < 1.29 is 43.1 Å². The number of hydrogen-bond acceptors (Lipinski definition) is 5. The van der Waals surface area contributed by atoms with Gasteiger partial charge < -0.3 is 0 Å². The molecule has 2 aliphatic rings. The lowest BCUT2D eigenvalue weighted by Crippen LogP contribution is -2.58. The van der Waals surface area contributed by atoms with Crippen LogP contribution in [0.15, 0.2) is 0 Å². The van der Waals surface area contributed by atoms with Crippen molar-refractivity contribution >= 4 is 20.2 Å². The van der Waals surface area contributed by atoms with Crippen LogP contribution in [0.25, 0.3) is 0 Å². The zero-order valence-electron chi connectivity index (χ0n) is 15.0. The molecule has 2 bridgehead atoms. The van der Waals surface area contributed by atoms with Crippen LogP contribution >= 0.6 is 0 Å². The monoisotopic (exact) mass is 440 g/mol. The molecular weight excluding hydrogens is 416 g/mol. The third kappa shape index (κ3) is 3.86. The standard InChI is InChI=1S/C15H24F4O6S2/c1-3-4-5-10(2)26(20,21)25-13-7-6-11(9-13)8-12(13)14(16,17)15(18,19)27(22,23)24/h10-12H,3-9H2,1-2H3,(H,22,23,24). The fourth-order valence-corrected chi connectivity index (χ4v) is 5.98. The van der Waals surface area contributed by atoms with Gasteiger partial charge in [-0.1, -0.05) is 19.8 Å². The van der Waals surface area contributed by atoms with E-state index in [2.05, 4.69) is 0 Å². The van der Waals surface area contributed by atoms with Crippen LogP contribution in [0.3, 0.4) is 0 Å². The Kier molecular flexibility index (Phi) is 6.00. The molecule has 0 radical (unpaired) electrons. The second kappa shape index (κ2) is 7.10. The predicted octanol–water partition coefficient (Wildman–Crippen LogP) is 3.59. The van der Waals surface area contributed by atoms with Crippen molar-refractivity contribution in [3.8, 4) is 0 Å². The Morgan fingerprint density at radius 3 is 2.30 bits per heavy atom. The van der Waals surface area contributed by atoms with Crippen molar-refractivity contribution in [1.82, 2.24) is 0 Å². The highest BCUT2D eigenvalue weighted by Gasteiger charge is 2.75.